The van der Waals surface area contributed by atoms with Crippen molar-refractivity contribution in [3.63, 3.8) is 0 Å². The van der Waals surface area contributed by atoms with Crippen molar-refractivity contribution in [3.8, 4) is 22.9 Å². The summed E-state index contributed by atoms with van der Waals surface area (Å²) in [7, 11) is 0. The fourth-order valence-corrected chi connectivity index (χ4v) is 4.19. The predicted molar refractivity (Wildman–Crippen MR) is 135 cm³/mol. The Morgan fingerprint density at radius 1 is 1.15 bits per heavy atom. The van der Waals surface area contributed by atoms with Crippen molar-refractivity contribution >= 4 is 39.7 Å². The summed E-state index contributed by atoms with van der Waals surface area (Å²) in [5.74, 6) is 1.94. The summed E-state index contributed by atoms with van der Waals surface area (Å²) in [4.78, 5) is 4.05. The van der Waals surface area contributed by atoms with E-state index >= 15 is 0 Å². The molecule has 7 nitrogen and oxygen atoms in total. The molecule has 2 N–H and O–H groups in total. The van der Waals surface area contributed by atoms with E-state index in [0.717, 1.165) is 21.2 Å². The Morgan fingerprint density at radius 2 is 1.94 bits per heavy atom. The van der Waals surface area contributed by atoms with Crippen molar-refractivity contribution in [2.75, 3.05) is 12.0 Å². The van der Waals surface area contributed by atoms with Crippen LogP contribution < -0.4 is 14.9 Å². The first kappa shape index (κ1) is 23.3. The van der Waals surface area contributed by atoms with Crippen LogP contribution in [0.4, 0.5) is 0 Å². The quantitative estimate of drug-likeness (QED) is 0.246. The van der Waals surface area contributed by atoms with E-state index in [1.54, 1.807) is 17.1 Å². The third-order valence-electron chi connectivity index (χ3n) is 4.75. The zero-order chi connectivity index (χ0) is 23.2. The molecular formula is C23H21BrClN5O2S. The number of ether oxygens (including phenoxy) is 2. The van der Waals surface area contributed by atoms with Gasteiger partial charge in [-0.3, -0.25) is 4.98 Å². The van der Waals surface area contributed by atoms with Gasteiger partial charge in [0.2, 0.25) is 4.77 Å². The number of pyridine rings is 1. The van der Waals surface area contributed by atoms with Crippen LogP contribution in [-0.2, 0) is 13.2 Å². The van der Waals surface area contributed by atoms with Crippen LogP contribution in [0.5, 0.6) is 11.5 Å². The van der Waals surface area contributed by atoms with Gasteiger partial charge in [-0.1, -0.05) is 29.8 Å². The molecule has 2 heterocycles. The van der Waals surface area contributed by atoms with Crippen LogP contribution >= 0.6 is 39.7 Å². The van der Waals surface area contributed by atoms with Crippen LogP contribution in [0.3, 0.4) is 0 Å². The van der Waals surface area contributed by atoms with E-state index in [9.17, 15) is 0 Å². The Balaban J connectivity index is 1.54. The molecule has 0 saturated carbocycles. The van der Waals surface area contributed by atoms with Gasteiger partial charge in [0, 0.05) is 28.5 Å². The molecule has 0 amide bonds. The molecule has 0 aliphatic carbocycles. The van der Waals surface area contributed by atoms with Gasteiger partial charge in [0.15, 0.2) is 17.3 Å². The number of H-pyrrole nitrogens is 1. The van der Waals surface area contributed by atoms with Crippen molar-refractivity contribution in [1.82, 2.24) is 19.9 Å². The highest BCUT2D eigenvalue weighted by molar-refractivity contribution is 9.10. The summed E-state index contributed by atoms with van der Waals surface area (Å²) in [5.41, 5.74) is 6.09. The zero-order valence-corrected chi connectivity index (χ0v) is 20.9. The molecule has 0 saturated heterocycles. The lowest BCUT2D eigenvalue weighted by Crippen LogP contribution is -2.16. The van der Waals surface area contributed by atoms with Gasteiger partial charge in [0.25, 0.3) is 0 Å². The van der Waals surface area contributed by atoms with Crippen LogP contribution in [0, 0.1) is 4.77 Å². The van der Waals surface area contributed by atoms with Crippen LogP contribution in [0.25, 0.3) is 11.4 Å². The first-order valence-electron chi connectivity index (χ1n) is 10.2. The van der Waals surface area contributed by atoms with Gasteiger partial charge in [-0.05, 0) is 71.0 Å². The standard InChI is InChI=1S/C23H21BrClN5O2S/c1-2-31-20-12-15(11-18(24)21(20)32-14-17-5-3-4-6-19(17)25)13-27-30-22(28-29-23(30)33)16-7-9-26-10-8-16/h3-12,27H,2,13-14H2,1H3,(H,29,33). The summed E-state index contributed by atoms with van der Waals surface area (Å²) in [6.07, 6.45) is 3.43. The smallest absolute Gasteiger partial charge is 0.214 e. The van der Waals surface area contributed by atoms with Gasteiger partial charge >= 0.3 is 0 Å². The Bertz CT molecular complexity index is 1300. The number of rotatable bonds is 9. The molecule has 2 aromatic carbocycles. The van der Waals surface area contributed by atoms with Crippen molar-refractivity contribution in [2.45, 2.75) is 20.1 Å². The molecule has 2 aromatic heterocycles. The molecule has 170 valence electrons. The van der Waals surface area contributed by atoms with Gasteiger partial charge in [-0.2, -0.15) is 5.10 Å². The van der Waals surface area contributed by atoms with Crippen LogP contribution in [0.1, 0.15) is 18.1 Å². The topological polar surface area (TPSA) is 77.0 Å². The fourth-order valence-electron chi connectivity index (χ4n) is 3.20. The van der Waals surface area contributed by atoms with Gasteiger partial charge in [-0.15, -0.1) is 0 Å². The third kappa shape index (κ3) is 5.55. The highest BCUT2D eigenvalue weighted by atomic mass is 79.9. The second-order valence-corrected chi connectivity index (χ2v) is 8.62. The molecule has 0 aliphatic rings. The number of halogens is 2. The van der Waals surface area contributed by atoms with Gasteiger partial charge < -0.3 is 14.9 Å². The summed E-state index contributed by atoms with van der Waals surface area (Å²) in [6, 6.07) is 15.3. The summed E-state index contributed by atoms with van der Waals surface area (Å²) >= 11 is 15.3. The number of aromatic nitrogens is 4. The number of nitrogens with one attached hydrogen (secondary N) is 2. The van der Waals surface area contributed by atoms with Crippen LogP contribution in [-0.4, -0.2) is 26.5 Å². The molecule has 4 aromatic rings. The lowest BCUT2D eigenvalue weighted by molar-refractivity contribution is 0.267. The van der Waals surface area contributed by atoms with Crippen LogP contribution in [0.15, 0.2) is 65.4 Å². The fraction of sp³-hybridized carbons (Fsp3) is 0.174. The average Bonchev–Trinajstić information content (AvgIpc) is 3.19. The molecule has 0 radical (unpaired) electrons. The van der Waals surface area contributed by atoms with E-state index in [4.69, 9.17) is 33.3 Å². The van der Waals surface area contributed by atoms with E-state index in [1.807, 2.05) is 55.5 Å². The number of hydrogen-bond acceptors (Lipinski definition) is 6. The molecule has 0 atom stereocenters. The Labute approximate surface area is 209 Å². The molecular weight excluding hydrogens is 526 g/mol. The van der Waals surface area contributed by atoms with Crippen LogP contribution in [0.2, 0.25) is 5.02 Å². The largest absolute Gasteiger partial charge is 0.490 e. The van der Waals surface area contributed by atoms with Crippen molar-refractivity contribution in [3.05, 3.63) is 86.3 Å². The van der Waals surface area contributed by atoms with E-state index < -0.39 is 0 Å². The summed E-state index contributed by atoms with van der Waals surface area (Å²) in [5, 5.41) is 7.82. The second-order valence-electron chi connectivity index (χ2n) is 6.98. The number of benzene rings is 2. The van der Waals surface area contributed by atoms with Crippen molar-refractivity contribution in [1.29, 1.82) is 0 Å². The minimum atomic E-state index is 0.329. The maximum atomic E-state index is 6.26. The second kappa shape index (κ2) is 10.8. The highest BCUT2D eigenvalue weighted by Crippen LogP contribution is 2.38. The molecule has 0 bridgehead atoms. The molecule has 4 rings (SSSR count). The van der Waals surface area contributed by atoms with Gasteiger partial charge in [-0.25, -0.2) is 9.77 Å². The third-order valence-corrected chi connectivity index (χ3v) is 5.98. The predicted octanol–water partition coefficient (Wildman–Crippen LogP) is 6.14. The molecule has 33 heavy (non-hydrogen) atoms. The molecule has 0 spiro atoms. The Hall–Kier alpha value is -2.88. The van der Waals surface area contributed by atoms with Crippen molar-refractivity contribution < 1.29 is 9.47 Å². The SMILES string of the molecule is CCOc1cc(CNn2c(-c3ccncc3)n[nH]c2=S)cc(Br)c1OCc1ccccc1Cl. The number of aromatic amines is 1. The normalized spacial score (nSPS) is 10.8. The first-order chi connectivity index (χ1) is 16.1. The average molecular weight is 547 g/mol. The molecule has 0 aliphatic heterocycles. The minimum absolute atomic E-state index is 0.329. The maximum Gasteiger partial charge on any atom is 0.214 e. The monoisotopic (exact) mass is 545 g/mol. The molecule has 0 fully saturated rings. The van der Waals surface area contributed by atoms with Gasteiger partial charge in [0.1, 0.15) is 6.61 Å². The first-order valence-corrected chi connectivity index (χ1v) is 11.8. The van der Waals surface area contributed by atoms with E-state index in [2.05, 4.69) is 36.5 Å². The molecule has 10 heteroatoms. The maximum absolute atomic E-state index is 6.26. The Morgan fingerprint density at radius 3 is 2.70 bits per heavy atom. The van der Waals surface area contributed by atoms with Crippen molar-refractivity contribution in [2.24, 2.45) is 0 Å². The highest BCUT2D eigenvalue weighted by Gasteiger charge is 2.14. The van der Waals surface area contributed by atoms with Gasteiger partial charge in [0.05, 0.1) is 17.6 Å². The zero-order valence-electron chi connectivity index (χ0n) is 17.7. The Kier molecular flexibility index (Phi) is 7.64. The lowest BCUT2D eigenvalue weighted by Gasteiger charge is -2.17. The minimum Gasteiger partial charge on any atom is -0.490 e. The summed E-state index contributed by atoms with van der Waals surface area (Å²) in [6.45, 7) is 3.25. The molecule has 0 unspecified atom stereocenters. The lowest BCUT2D eigenvalue weighted by atomic mass is 10.2. The number of nitrogens with zero attached hydrogens (tertiary/aromatic N) is 3. The van der Waals surface area contributed by atoms with E-state index in [1.165, 1.54) is 0 Å². The van der Waals surface area contributed by atoms with E-state index in [-0.39, 0.29) is 0 Å². The summed E-state index contributed by atoms with van der Waals surface area (Å²) < 4.78 is 14.9. The number of hydrogen-bond donors (Lipinski definition) is 2. The van der Waals surface area contributed by atoms with E-state index in [0.29, 0.717) is 46.9 Å².